The van der Waals surface area contributed by atoms with Crippen molar-refractivity contribution in [1.82, 2.24) is 15.2 Å². The molecule has 3 rings (SSSR count). The number of carbonyl (C=O) groups is 1. The first-order valence-electron chi connectivity index (χ1n) is 8.76. The zero-order valence-corrected chi connectivity index (χ0v) is 14.2. The Morgan fingerprint density at radius 1 is 1.25 bits per heavy atom. The van der Waals surface area contributed by atoms with E-state index in [-0.39, 0.29) is 11.5 Å². The second kappa shape index (κ2) is 7.62. The average Bonchev–Trinajstić information content (AvgIpc) is 2.59. The number of carbonyl (C=O) groups excluding carboxylic acids is 1. The maximum absolute atomic E-state index is 12.5. The van der Waals surface area contributed by atoms with E-state index in [1.54, 1.807) is 0 Å². The van der Waals surface area contributed by atoms with Gasteiger partial charge in [0.2, 0.25) is 5.56 Å². The number of amides is 1. The number of hydrogen-bond donors (Lipinski definition) is 2. The molecule has 2 heterocycles. The second-order valence-corrected chi connectivity index (χ2v) is 6.77. The summed E-state index contributed by atoms with van der Waals surface area (Å²) in [5, 5.41) is 3.77. The maximum atomic E-state index is 12.5. The van der Waals surface area contributed by atoms with Gasteiger partial charge in [0.1, 0.15) is 0 Å². The van der Waals surface area contributed by atoms with Crippen LogP contribution in [0.25, 0.3) is 10.9 Å². The van der Waals surface area contributed by atoms with Gasteiger partial charge in [-0.1, -0.05) is 31.5 Å². The van der Waals surface area contributed by atoms with Crippen LogP contribution < -0.4 is 10.9 Å². The number of nitrogens with one attached hydrogen (secondary N) is 2. The molecule has 24 heavy (non-hydrogen) atoms. The zero-order chi connectivity index (χ0) is 16.9. The SMILES string of the molecule is C[C@H](CNC(=O)c1cc(=O)[nH]c2ccccc12)CN1CCCCC1. The van der Waals surface area contributed by atoms with Gasteiger partial charge < -0.3 is 15.2 Å². The lowest BCUT2D eigenvalue weighted by Crippen LogP contribution is -2.38. The third kappa shape index (κ3) is 4.03. The van der Waals surface area contributed by atoms with E-state index in [1.807, 2.05) is 24.3 Å². The van der Waals surface area contributed by atoms with Gasteiger partial charge in [0.15, 0.2) is 0 Å². The molecule has 0 radical (unpaired) electrons. The molecule has 1 fully saturated rings. The Balaban J connectivity index is 1.63. The average molecular weight is 327 g/mol. The number of nitrogens with zero attached hydrogens (tertiary/aromatic N) is 1. The minimum Gasteiger partial charge on any atom is -0.352 e. The largest absolute Gasteiger partial charge is 0.352 e. The third-order valence-corrected chi connectivity index (χ3v) is 4.62. The van der Waals surface area contributed by atoms with E-state index in [0.29, 0.717) is 23.5 Å². The minimum absolute atomic E-state index is 0.178. The quantitative estimate of drug-likeness (QED) is 0.886. The van der Waals surface area contributed by atoms with E-state index < -0.39 is 0 Å². The number of piperidine rings is 1. The summed E-state index contributed by atoms with van der Waals surface area (Å²) in [6, 6.07) is 8.77. The summed E-state index contributed by atoms with van der Waals surface area (Å²) in [5.74, 6) is 0.211. The van der Waals surface area contributed by atoms with Gasteiger partial charge >= 0.3 is 0 Å². The van der Waals surface area contributed by atoms with Gasteiger partial charge in [-0.25, -0.2) is 0 Å². The molecular formula is C19H25N3O2. The molecular weight excluding hydrogens is 302 g/mol. The molecule has 1 saturated heterocycles. The van der Waals surface area contributed by atoms with Crippen LogP contribution in [-0.4, -0.2) is 42.0 Å². The number of hydrogen-bond acceptors (Lipinski definition) is 3. The van der Waals surface area contributed by atoms with Crippen molar-refractivity contribution in [2.45, 2.75) is 26.2 Å². The number of para-hydroxylation sites is 1. The third-order valence-electron chi connectivity index (χ3n) is 4.62. The summed E-state index contributed by atoms with van der Waals surface area (Å²) < 4.78 is 0. The van der Waals surface area contributed by atoms with Crippen LogP contribution in [0.2, 0.25) is 0 Å². The molecule has 0 unspecified atom stereocenters. The van der Waals surface area contributed by atoms with Gasteiger partial charge in [-0.3, -0.25) is 9.59 Å². The molecule has 0 aliphatic carbocycles. The van der Waals surface area contributed by atoms with E-state index >= 15 is 0 Å². The smallest absolute Gasteiger partial charge is 0.252 e. The van der Waals surface area contributed by atoms with Gasteiger partial charge in [0.05, 0.1) is 5.56 Å². The van der Waals surface area contributed by atoms with Crippen molar-refractivity contribution >= 4 is 16.8 Å². The lowest BCUT2D eigenvalue weighted by molar-refractivity contribution is 0.0944. The molecule has 1 amide bonds. The molecule has 2 aromatic rings. The predicted molar refractivity (Wildman–Crippen MR) is 96.4 cm³/mol. The first-order chi connectivity index (χ1) is 11.6. The summed E-state index contributed by atoms with van der Waals surface area (Å²) in [5.41, 5.74) is 0.885. The topological polar surface area (TPSA) is 65.2 Å². The van der Waals surface area contributed by atoms with Crippen molar-refractivity contribution in [3.63, 3.8) is 0 Å². The fourth-order valence-corrected chi connectivity index (χ4v) is 3.40. The lowest BCUT2D eigenvalue weighted by Gasteiger charge is -2.29. The summed E-state index contributed by atoms with van der Waals surface area (Å²) in [6.45, 7) is 6.12. The highest BCUT2D eigenvalue weighted by molar-refractivity contribution is 6.05. The van der Waals surface area contributed by atoms with E-state index in [0.717, 1.165) is 25.0 Å². The number of rotatable bonds is 5. The van der Waals surface area contributed by atoms with Crippen LogP contribution in [0.3, 0.4) is 0 Å². The number of aromatic amines is 1. The monoisotopic (exact) mass is 327 g/mol. The van der Waals surface area contributed by atoms with Crippen molar-refractivity contribution in [3.05, 3.63) is 46.2 Å². The number of pyridine rings is 1. The lowest BCUT2D eigenvalue weighted by atomic mass is 10.1. The summed E-state index contributed by atoms with van der Waals surface area (Å²) in [6.07, 6.45) is 3.88. The van der Waals surface area contributed by atoms with Crippen molar-refractivity contribution in [2.24, 2.45) is 5.92 Å². The van der Waals surface area contributed by atoms with E-state index in [1.165, 1.54) is 25.3 Å². The van der Waals surface area contributed by atoms with Gasteiger partial charge in [-0.15, -0.1) is 0 Å². The second-order valence-electron chi connectivity index (χ2n) is 6.77. The molecule has 5 heteroatoms. The van der Waals surface area contributed by atoms with Gasteiger partial charge in [0, 0.05) is 30.1 Å². The normalized spacial score (nSPS) is 16.9. The Hall–Kier alpha value is -2.14. The van der Waals surface area contributed by atoms with Gasteiger partial charge in [0.25, 0.3) is 5.91 Å². The molecule has 2 N–H and O–H groups in total. The standard InChI is InChI=1S/C19H25N3O2/c1-14(13-22-9-5-2-6-10-22)12-20-19(24)16-11-18(23)21-17-8-4-3-7-15(16)17/h3-4,7-8,11,14H,2,5-6,9-10,12-13H2,1H3,(H,20,24)(H,21,23)/t14-/m1/s1. The highest BCUT2D eigenvalue weighted by Crippen LogP contribution is 2.15. The fraction of sp³-hybridized carbons (Fsp3) is 0.474. The Morgan fingerprint density at radius 2 is 2.00 bits per heavy atom. The Labute approximate surface area is 142 Å². The van der Waals surface area contributed by atoms with Crippen molar-refractivity contribution < 1.29 is 4.79 Å². The molecule has 0 saturated carbocycles. The van der Waals surface area contributed by atoms with Crippen molar-refractivity contribution in [3.8, 4) is 0 Å². The summed E-state index contributed by atoms with van der Waals surface area (Å²) >= 11 is 0. The van der Waals surface area contributed by atoms with Crippen LogP contribution >= 0.6 is 0 Å². The first-order valence-corrected chi connectivity index (χ1v) is 8.76. The number of likely N-dealkylation sites (tertiary alicyclic amines) is 1. The maximum Gasteiger partial charge on any atom is 0.252 e. The summed E-state index contributed by atoms with van der Waals surface area (Å²) in [7, 11) is 0. The van der Waals surface area contributed by atoms with Crippen molar-refractivity contribution in [2.75, 3.05) is 26.2 Å². The molecule has 128 valence electrons. The van der Waals surface area contributed by atoms with Crippen LogP contribution in [-0.2, 0) is 0 Å². The number of H-pyrrole nitrogens is 1. The first kappa shape index (κ1) is 16.7. The molecule has 5 nitrogen and oxygen atoms in total. The minimum atomic E-state index is -0.250. The van der Waals surface area contributed by atoms with Crippen LogP contribution in [0.4, 0.5) is 0 Å². The van der Waals surface area contributed by atoms with Crippen molar-refractivity contribution in [1.29, 1.82) is 0 Å². The molecule has 0 spiro atoms. The fourth-order valence-electron chi connectivity index (χ4n) is 3.40. The van der Waals surface area contributed by atoms with E-state index in [2.05, 4.69) is 22.1 Å². The number of fused-ring (bicyclic) bond motifs is 1. The highest BCUT2D eigenvalue weighted by atomic mass is 16.2. The molecule has 1 aromatic carbocycles. The van der Waals surface area contributed by atoms with E-state index in [4.69, 9.17) is 0 Å². The molecule has 1 aliphatic heterocycles. The Morgan fingerprint density at radius 3 is 2.79 bits per heavy atom. The molecule has 1 aliphatic rings. The van der Waals surface area contributed by atoms with Crippen LogP contribution in [0.15, 0.2) is 35.1 Å². The number of benzene rings is 1. The van der Waals surface area contributed by atoms with Crippen LogP contribution in [0.1, 0.15) is 36.5 Å². The summed E-state index contributed by atoms with van der Waals surface area (Å²) in [4.78, 5) is 29.5. The Bertz CT molecular complexity index is 763. The molecule has 0 bridgehead atoms. The Kier molecular flexibility index (Phi) is 5.30. The molecule has 1 aromatic heterocycles. The number of aromatic nitrogens is 1. The van der Waals surface area contributed by atoms with E-state index in [9.17, 15) is 9.59 Å². The molecule has 1 atom stereocenters. The zero-order valence-electron chi connectivity index (χ0n) is 14.2. The predicted octanol–water partition coefficient (Wildman–Crippen LogP) is 2.38. The van der Waals surface area contributed by atoms with Gasteiger partial charge in [-0.2, -0.15) is 0 Å². The van der Waals surface area contributed by atoms with Crippen LogP contribution in [0, 0.1) is 5.92 Å². The van der Waals surface area contributed by atoms with Crippen LogP contribution in [0.5, 0.6) is 0 Å². The van der Waals surface area contributed by atoms with Gasteiger partial charge in [-0.05, 0) is 37.9 Å². The highest BCUT2D eigenvalue weighted by Gasteiger charge is 2.16.